The summed E-state index contributed by atoms with van der Waals surface area (Å²) in [5.41, 5.74) is 5.96. The molecule has 0 aromatic heterocycles. The van der Waals surface area contributed by atoms with Gasteiger partial charge in [0, 0.05) is 13.2 Å². The molecule has 2 atom stereocenters. The van der Waals surface area contributed by atoms with Gasteiger partial charge in [0.2, 0.25) is 0 Å². The van der Waals surface area contributed by atoms with Gasteiger partial charge in [0.15, 0.2) is 0 Å². The van der Waals surface area contributed by atoms with Gasteiger partial charge >= 0.3 is 0 Å². The summed E-state index contributed by atoms with van der Waals surface area (Å²) in [6.07, 6.45) is 1.26. The van der Waals surface area contributed by atoms with Crippen molar-refractivity contribution in [3.8, 4) is 0 Å². The van der Waals surface area contributed by atoms with Crippen molar-refractivity contribution >= 4 is 0 Å². The van der Waals surface area contributed by atoms with Crippen LogP contribution in [0.15, 0.2) is 0 Å². The summed E-state index contributed by atoms with van der Waals surface area (Å²) >= 11 is 0. The highest BCUT2D eigenvalue weighted by Crippen LogP contribution is 2.27. The predicted octanol–water partition coefficient (Wildman–Crippen LogP) is 2.01. The Balaban J connectivity index is 2.57. The molecule has 1 aliphatic rings. The Hall–Kier alpha value is -0.120. The van der Waals surface area contributed by atoms with Gasteiger partial charge in [-0.15, -0.1) is 0 Å². The molecular weight excluding hydrogens is 212 g/mol. The van der Waals surface area contributed by atoms with E-state index < -0.39 is 0 Å². The van der Waals surface area contributed by atoms with Crippen molar-refractivity contribution in [3.05, 3.63) is 0 Å². The lowest BCUT2D eigenvalue weighted by atomic mass is 9.83. The highest BCUT2D eigenvalue weighted by atomic mass is 16.5. The van der Waals surface area contributed by atoms with Crippen LogP contribution >= 0.6 is 0 Å². The number of hydrogen-bond acceptors (Lipinski definition) is 3. The van der Waals surface area contributed by atoms with Crippen molar-refractivity contribution in [3.63, 3.8) is 0 Å². The maximum absolute atomic E-state index is 5.96. The van der Waals surface area contributed by atoms with Crippen molar-refractivity contribution in [2.24, 2.45) is 23.5 Å². The van der Waals surface area contributed by atoms with Crippen molar-refractivity contribution in [2.75, 3.05) is 19.7 Å². The van der Waals surface area contributed by atoms with E-state index in [1.807, 2.05) is 0 Å². The van der Waals surface area contributed by atoms with E-state index in [1.165, 1.54) is 0 Å². The number of hydrogen-bond donors (Lipinski definition) is 2. The molecule has 1 aliphatic heterocycles. The van der Waals surface area contributed by atoms with Crippen LogP contribution in [0.4, 0.5) is 0 Å². The fraction of sp³-hybridized carbons (Fsp3) is 1.00. The first-order chi connectivity index (χ1) is 7.93. The Kier molecular flexibility index (Phi) is 5.42. The molecule has 1 heterocycles. The van der Waals surface area contributed by atoms with Gasteiger partial charge in [0.25, 0.3) is 0 Å². The molecule has 3 nitrogen and oxygen atoms in total. The monoisotopic (exact) mass is 242 g/mol. The molecule has 3 N–H and O–H groups in total. The van der Waals surface area contributed by atoms with Crippen LogP contribution < -0.4 is 11.1 Å². The lowest BCUT2D eigenvalue weighted by Gasteiger charge is -2.36. The molecule has 0 amide bonds. The normalized spacial score (nSPS) is 29.8. The van der Waals surface area contributed by atoms with Gasteiger partial charge in [-0.25, -0.2) is 0 Å². The Morgan fingerprint density at radius 1 is 1.29 bits per heavy atom. The maximum Gasteiger partial charge on any atom is 0.0741 e. The van der Waals surface area contributed by atoms with Crippen molar-refractivity contribution in [2.45, 2.75) is 52.7 Å². The summed E-state index contributed by atoms with van der Waals surface area (Å²) < 4.78 is 5.67. The lowest BCUT2D eigenvalue weighted by molar-refractivity contribution is 0.0808. The summed E-state index contributed by atoms with van der Waals surface area (Å²) in [5.74, 6) is 2.11. The smallest absolute Gasteiger partial charge is 0.0741 e. The fourth-order valence-corrected chi connectivity index (χ4v) is 2.92. The second kappa shape index (κ2) is 6.17. The first-order valence-corrected chi connectivity index (χ1v) is 6.99. The number of rotatable bonds is 6. The van der Waals surface area contributed by atoms with Crippen molar-refractivity contribution < 1.29 is 4.74 Å². The van der Waals surface area contributed by atoms with E-state index in [1.54, 1.807) is 0 Å². The Bertz CT molecular complexity index is 222. The second-order valence-electron chi connectivity index (χ2n) is 6.16. The second-order valence-corrected chi connectivity index (χ2v) is 6.16. The lowest BCUT2D eigenvalue weighted by Crippen LogP contribution is -2.57. The van der Waals surface area contributed by atoms with Crippen LogP contribution in [0.1, 0.15) is 41.0 Å². The molecule has 102 valence electrons. The minimum Gasteiger partial charge on any atom is -0.376 e. The third kappa shape index (κ3) is 3.43. The summed E-state index contributed by atoms with van der Waals surface area (Å²) in [6.45, 7) is 13.9. The van der Waals surface area contributed by atoms with E-state index >= 15 is 0 Å². The van der Waals surface area contributed by atoms with E-state index in [9.17, 15) is 0 Å². The van der Waals surface area contributed by atoms with Crippen LogP contribution in [0.5, 0.6) is 0 Å². The van der Waals surface area contributed by atoms with Crippen molar-refractivity contribution in [1.29, 1.82) is 0 Å². The van der Waals surface area contributed by atoms with Gasteiger partial charge in [-0.3, -0.25) is 0 Å². The number of nitrogens with one attached hydrogen (secondary N) is 1. The molecule has 0 aromatic carbocycles. The van der Waals surface area contributed by atoms with Gasteiger partial charge in [-0.05, 0) is 37.6 Å². The van der Waals surface area contributed by atoms with E-state index in [0.717, 1.165) is 19.6 Å². The minimum atomic E-state index is 0.00201. The average molecular weight is 242 g/mol. The molecule has 0 bridgehead atoms. The summed E-state index contributed by atoms with van der Waals surface area (Å²) in [5, 5.41) is 3.71. The zero-order valence-electron chi connectivity index (χ0n) is 12.1. The first-order valence-electron chi connectivity index (χ1n) is 6.99. The van der Waals surface area contributed by atoms with Crippen LogP contribution in [-0.2, 0) is 4.74 Å². The summed E-state index contributed by atoms with van der Waals surface area (Å²) in [4.78, 5) is 0. The Labute approximate surface area is 106 Å². The average Bonchev–Trinajstić information content (AvgIpc) is 2.60. The van der Waals surface area contributed by atoms with Crippen LogP contribution in [-0.4, -0.2) is 31.3 Å². The van der Waals surface area contributed by atoms with E-state index in [0.29, 0.717) is 24.3 Å². The van der Waals surface area contributed by atoms with Gasteiger partial charge in [-0.1, -0.05) is 27.7 Å². The molecule has 0 aliphatic carbocycles. The predicted molar refractivity (Wildman–Crippen MR) is 73.0 cm³/mol. The zero-order chi connectivity index (χ0) is 13.1. The third-order valence-electron chi connectivity index (χ3n) is 4.46. The number of nitrogens with two attached hydrogens (primary N) is 1. The Morgan fingerprint density at radius 2 is 1.88 bits per heavy atom. The molecule has 1 saturated heterocycles. The van der Waals surface area contributed by atoms with Gasteiger partial charge in [0.05, 0.1) is 11.6 Å². The molecule has 0 radical (unpaired) electrons. The molecule has 1 rings (SSSR count). The van der Waals surface area contributed by atoms with E-state index in [-0.39, 0.29) is 11.6 Å². The minimum absolute atomic E-state index is 0.00201. The number of ether oxygens (including phenoxy) is 1. The van der Waals surface area contributed by atoms with Gasteiger partial charge in [0.1, 0.15) is 0 Å². The van der Waals surface area contributed by atoms with Crippen LogP contribution in [0, 0.1) is 17.8 Å². The standard InChI is InChI=1S/C14H30N2O/c1-10(2)13(11(3)4)8-16-14(9-15)6-7-17-12(14)5/h10-13,16H,6-9,15H2,1-5H3. The van der Waals surface area contributed by atoms with Crippen LogP contribution in [0.2, 0.25) is 0 Å². The van der Waals surface area contributed by atoms with Crippen LogP contribution in [0.25, 0.3) is 0 Å². The SMILES string of the molecule is CC(C)C(CNC1(CN)CCOC1C)C(C)C. The van der Waals surface area contributed by atoms with Crippen LogP contribution in [0.3, 0.4) is 0 Å². The topological polar surface area (TPSA) is 47.3 Å². The maximum atomic E-state index is 5.96. The third-order valence-corrected chi connectivity index (χ3v) is 4.46. The molecule has 2 unspecified atom stereocenters. The molecular formula is C14H30N2O. The van der Waals surface area contributed by atoms with Gasteiger partial charge in [-0.2, -0.15) is 0 Å². The fourth-order valence-electron chi connectivity index (χ4n) is 2.92. The van der Waals surface area contributed by atoms with E-state index in [4.69, 9.17) is 10.5 Å². The summed E-state index contributed by atoms with van der Waals surface area (Å²) in [7, 11) is 0. The summed E-state index contributed by atoms with van der Waals surface area (Å²) in [6, 6.07) is 0. The molecule has 0 spiro atoms. The molecule has 17 heavy (non-hydrogen) atoms. The Morgan fingerprint density at radius 3 is 2.24 bits per heavy atom. The van der Waals surface area contributed by atoms with Gasteiger partial charge < -0.3 is 15.8 Å². The molecule has 0 aromatic rings. The molecule has 0 saturated carbocycles. The van der Waals surface area contributed by atoms with E-state index in [2.05, 4.69) is 39.9 Å². The molecule has 1 fully saturated rings. The van der Waals surface area contributed by atoms with Crippen molar-refractivity contribution in [1.82, 2.24) is 5.32 Å². The largest absolute Gasteiger partial charge is 0.376 e. The quantitative estimate of drug-likeness (QED) is 0.749. The zero-order valence-corrected chi connectivity index (χ0v) is 12.1. The molecule has 3 heteroatoms. The highest BCUT2D eigenvalue weighted by molar-refractivity contribution is 4.99. The first kappa shape index (κ1) is 14.9. The highest BCUT2D eigenvalue weighted by Gasteiger charge is 2.40.